The van der Waals surface area contributed by atoms with Crippen LogP contribution >= 0.6 is 11.6 Å². The van der Waals surface area contributed by atoms with Crippen molar-refractivity contribution in [1.82, 2.24) is 4.90 Å². The van der Waals surface area contributed by atoms with Crippen molar-refractivity contribution in [1.29, 1.82) is 0 Å². The first-order valence-corrected chi connectivity index (χ1v) is 4.20. The van der Waals surface area contributed by atoms with E-state index in [9.17, 15) is 0 Å². The molecule has 64 valence electrons. The lowest BCUT2D eigenvalue weighted by Gasteiger charge is -2.25. The van der Waals surface area contributed by atoms with E-state index < -0.39 is 0 Å². The first-order chi connectivity index (χ1) is 5.69. The van der Waals surface area contributed by atoms with Gasteiger partial charge in [-0.25, -0.2) is 0 Å². The first kappa shape index (κ1) is 9.14. The molecule has 0 saturated carbocycles. The van der Waals surface area contributed by atoms with Gasteiger partial charge in [0.15, 0.2) is 0 Å². The maximum absolute atomic E-state index is 5.89. The highest BCUT2D eigenvalue weighted by Gasteiger charge is 2.10. The van der Waals surface area contributed by atoms with Crippen LogP contribution in [0.5, 0.6) is 0 Å². The van der Waals surface area contributed by atoms with E-state index >= 15 is 0 Å². The Bertz CT molecular complexity index is 284. The zero-order valence-corrected chi connectivity index (χ0v) is 8.10. The molecule has 0 unspecified atom stereocenters. The first-order valence-electron chi connectivity index (χ1n) is 3.82. The van der Waals surface area contributed by atoms with Gasteiger partial charge in [0.2, 0.25) is 0 Å². The van der Waals surface area contributed by atoms with Gasteiger partial charge in [-0.1, -0.05) is 24.3 Å². The predicted octanol–water partition coefficient (Wildman–Crippen LogP) is 3.38. The predicted molar refractivity (Wildman–Crippen MR) is 53.5 cm³/mol. The number of hydrogen-bond acceptors (Lipinski definition) is 1. The van der Waals surface area contributed by atoms with Crippen molar-refractivity contribution in [2.45, 2.75) is 13.8 Å². The molecule has 1 nitrogen and oxygen atoms in total. The zero-order chi connectivity index (χ0) is 9.14. The minimum absolute atomic E-state index is 0.763. The molecule has 1 aliphatic heterocycles. The molecule has 0 aromatic rings. The van der Waals surface area contributed by atoms with Crippen LogP contribution < -0.4 is 0 Å². The van der Waals surface area contributed by atoms with E-state index in [-0.39, 0.29) is 0 Å². The van der Waals surface area contributed by atoms with Crippen molar-refractivity contribution in [2.75, 3.05) is 0 Å². The van der Waals surface area contributed by atoms with Gasteiger partial charge < -0.3 is 4.90 Å². The maximum atomic E-state index is 5.89. The number of nitrogens with zero attached hydrogens (tertiary/aromatic N) is 1. The molecular weight excluding hydrogens is 170 g/mol. The third-order valence-corrected chi connectivity index (χ3v) is 1.99. The largest absolute Gasteiger partial charge is 0.322 e. The Morgan fingerprint density at radius 2 is 2.17 bits per heavy atom. The standard InChI is InChI=1S/C10H12ClN/c1-4-10-7-9(11)6-8(3)12(10)5-2/h4-7H,2H2,1,3H3/b10-4-. The molecule has 1 aliphatic rings. The Kier molecular flexibility index (Phi) is 2.77. The second-order valence-corrected chi connectivity index (χ2v) is 3.02. The molecule has 0 fully saturated rings. The van der Waals surface area contributed by atoms with Crippen LogP contribution in [-0.2, 0) is 0 Å². The highest BCUT2D eigenvalue weighted by Crippen LogP contribution is 2.24. The molecule has 2 heteroatoms. The van der Waals surface area contributed by atoms with Gasteiger partial charge in [0.1, 0.15) is 0 Å². The zero-order valence-electron chi connectivity index (χ0n) is 7.34. The van der Waals surface area contributed by atoms with E-state index in [1.54, 1.807) is 6.20 Å². The molecule has 0 bridgehead atoms. The van der Waals surface area contributed by atoms with Gasteiger partial charge in [-0.15, -0.1) is 0 Å². The van der Waals surface area contributed by atoms with Gasteiger partial charge >= 0.3 is 0 Å². The van der Waals surface area contributed by atoms with Crippen molar-refractivity contribution in [3.8, 4) is 0 Å². The lowest BCUT2D eigenvalue weighted by Crippen LogP contribution is -2.15. The Morgan fingerprint density at radius 1 is 1.50 bits per heavy atom. The van der Waals surface area contributed by atoms with Gasteiger partial charge in [0, 0.05) is 22.6 Å². The molecule has 0 spiro atoms. The molecule has 0 radical (unpaired) electrons. The summed E-state index contributed by atoms with van der Waals surface area (Å²) in [6, 6.07) is 0. The Labute approximate surface area is 78.3 Å². The lowest BCUT2D eigenvalue weighted by atomic mass is 10.2. The number of hydrogen-bond donors (Lipinski definition) is 0. The topological polar surface area (TPSA) is 3.24 Å². The molecule has 0 aliphatic carbocycles. The van der Waals surface area contributed by atoms with Gasteiger partial charge in [0.05, 0.1) is 0 Å². The number of rotatable bonds is 1. The summed E-state index contributed by atoms with van der Waals surface area (Å²) in [5.41, 5.74) is 2.15. The summed E-state index contributed by atoms with van der Waals surface area (Å²) in [4.78, 5) is 1.99. The van der Waals surface area contributed by atoms with Gasteiger partial charge in [-0.3, -0.25) is 0 Å². The lowest BCUT2D eigenvalue weighted by molar-refractivity contribution is 0.588. The van der Waals surface area contributed by atoms with E-state index in [1.165, 1.54) is 0 Å². The normalized spacial score (nSPS) is 20.6. The van der Waals surface area contributed by atoms with Crippen LogP contribution in [0.4, 0.5) is 0 Å². The highest BCUT2D eigenvalue weighted by molar-refractivity contribution is 6.31. The van der Waals surface area contributed by atoms with Crippen molar-refractivity contribution in [3.63, 3.8) is 0 Å². The summed E-state index contributed by atoms with van der Waals surface area (Å²) >= 11 is 5.89. The maximum Gasteiger partial charge on any atom is 0.0444 e. The second kappa shape index (κ2) is 3.63. The number of allylic oxidation sites excluding steroid dienone is 5. The van der Waals surface area contributed by atoms with Gasteiger partial charge in [-0.05, 0) is 26.0 Å². The molecule has 12 heavy (non-hydrogen) atoms. The molecule has 0 N–H and O–H groups in total. The molecule has 0 amide bonds. The van der Waals surface area contributed by atoms with Crippen LogP contribution in [0.15, 0.2) is 47.4 Å². The van der Waals surface area contributed by atoms with E-state index in [2.05, 4.69) is 6.58 Å². The molecule has 1 rings (SSSR count). The highest BCUT2D eigenvalue weighted by atomic mass is 35.5. The SMILES string of the molecule is C=CN1C(C)=CC(Cl)=C/C1=C/C. The van der Waals surface area contributed by atoms with E-state index in [4.69, 9.17) is 11.6 Å². The summed E-state index contributed by atoms with van der Waals surface area (Å²) < 4.78 is 0. The summed E-state index contributed by atoms with van der Waals surface area (Å²) in [5, 5.41) is 0.763. The smallest absolute Gasteiger partial charge is 0.0444 e. The van der Waals surface area contributed by atoms with Crippen LogP contribution in [0.2, 0.25) is 0 Å². The second-order valence-electron chi connectivity index (χ2n) is 2.58. The minimum atomic E-state index is 0.763. The van der Waals surface area contributed by atoms with Gasteiger partial charge in [0.25, 0.3) is 0 Å². The summed E-state index contributed by atoms with van der Waals surface area (Å²) in [7, 11) is 0. The van der Waals surface area contributed by atoms with Crippen LogP contribution in [0.3, 0.4) is 0 Å². The van der Waals surface area contributed by atoms with Crippen molar-refractivity contribution >= 4 is 11.6 Å². The van der Waals surface area contributed by atoms with Gasteiger partial charge in [-0.2, -0.15) is 0 Å². The Morgan fingerprint density at radius 3 is 2.67 bits per heavy atom. The molecule has 0 aromatic carbocycles. The van der Waals surface area contributed by atoms with Crippen molar-refractivity contribution in [3.05, 3.63) is 47.4 Å². The molecule has 1 heterocycles. The fourth-order valence-corrected chi connectivity index (χ4v) is 1.47. The summed E-state index contributed by atoms with van der Waals surface area (Å²) in [6.07, 6.45) is 7.61. The Hall–Kier alpha value is -0.950. The fraction of sp³-hybridized carbons (Fsp3) is 0.200. The van der Waals surface area contributed by atoms with Crippen molar-refractivity contribution in [2.24, 2.45) is 0 Å². The summed E-state index contributed by atoms with van der Waals surface area (Å²) in [5.74, 6) is 0. The van der Waals surface area contributed by atoms with Crippen LogP contribution in [0, 0.1) is 0 Å². The van der Waals surface area contributed by atoms with E-state index in [0.29, 0.717) is 0 Å². The average molecular weight is 182 g/mol. The molecular formula is C10H12ClN. The summed E-state index contributed by atoms with van der Waals surface area (Å²) in [6.45, 7) is 7.71. The molecule has 0 atom stereocenters. The molecule has 0 aromatic heterocycles. The number of halogens is 1. The third kappa shape index (κ3) is 1.62. The molecule has 0 saturated heterocycles. The van der Waals surface area contributed by atoms with Crippen LogP contribution in [-0.4, -0.2) is 4.90 Å². The van der Waals surface area contributed by atoms with Crippen molar-refractivity contribution < 1.29 is 0 Å². The Balaban J connectivity index is 3.07. The van der Waals surface area contributed by atoms with E-state index in [1.807, 2.05) is 37.0 Å². The quantitative estimate of drug-likeness (QED) is 0.600. The monoisotopic (exact) mass is 181 g/mol. The minimum Gasteiger partial charge on any atom is -0.322 e. The van der Waals surface area contributed by atoms with Crippen LogP contribution in [0.25, 0.3) is 0 Å². The van der Waals surface area contributed by atoms with Crippen LogP contribution in [0.1, 0.15) is 13.8 Å². The third-order valence-electron chi connectivity index (χ3n) is 1.77. The van der Waals surface area contributed by atoms with E-state index in [0.717, 1.165) is 16.4 Å². The fourth-order valence-electron chi connectivity index (χ4n) is 1.20. The average Bonchev–Trinajstić information content (AvgIpc) is 2.03.